The third-order valence-electron chi connectivity index (χ3n) is 4.90. The van der Waals surface area contributed by atoms with E-state index in [2.05, 4.69) is 9.80 Å². The van der Waals surface area contributed by atoms with Crippen molar-refractivity contribution in [1.82, 2.24) is 14.7 Å². The summed E-state index contributed by atoms with van der Waals surface area (Å²) < 4.78 is 0. The molecule has 0 spiro atoms. The third-order valence-corrected chi connectivity index (χ3v) is 4.90. The van der Waals surface area contributed by atoms with Gasteiger partial charge in [0.15, 0.2) is 0 Å². The lowest BCUT2D eigenvalue weighted by atomic mass is 10.1. The summed E-state index contributed by atoms with van der Waals surface area (Å²) in [6.45, 7) is 4.37. The molecule has 1 saturated carbocycles. The van der Waals surface area contributed by atoms with Crippen LogP contribution < -0.4 is 0 Å². The van der Waals surface area contributed by atoms with Gasteiger partial charge in [-0.15, -0.1) is 0 Å². The van der Waals surface area contributed by atoms with Gasteiger partial charge in [0.05, 0.1) is 12.6 Å². The van der Waals surface area contributed by atoms with Gasteiger partial charge in [-0.1, -0.05) is 30.3 Å². The Kier molecular flexibility index (Phi) is 5.30. The average Bonchev–Trinajstić information content (AvgIpc) is 3.41. The minimum atomic E-state index is -0.459. The van der Waals surface area contributed by atoms with Crippen LogP contribution in [-0.4, -0.2) is 78.1 Å². The Hall–Kier alpha value is -1.43. The average molecular weight is 317 g/mol. The number of aliphatic hydroxyl groups excluding tert-OH is 1. The van der Waals surface area contributed by atoms with E-state index in [1.165, 1.54) is 12.8 Å². The number of benzene rings is 1. The maximum absolute atomic E-state index is 12.3. The standard InChI is InChI=1S/C18H27N3O2/c1-19(16-7-8-16)14-18(23)21-11-9-20(10-12-21)13-17(22)15-5-3-2-4-6-15/h2-6,16-17,22H,7-14H2,1H3. The van der Waals surface area contributed by atoms with Gasteiger partial charge in [0.25, 0.3) is 0 Å². The minimum absolute atomic E-state index is 0.239. The van der Waals surface area contributed by atoms with E-state index in [0.717, 1.165) is 31.7 Å². The van der Waals surface area contributed by atoms with Gasteiger partial charge in [-0.2, -0.15) is 0 Å². The highest BCUT2D eigenvalue weighted by molar-refractivity contribution is 5.78. The second kappa shape index (κ2) is 7.43. The molecule has 2 fully saturated rings. The zero-order chi connectivity index (χ0) is 16.2. The molecule has 1 amide bonds. The number of carbonyl (C=O) groups is 1. The predicted molar refractivity (Wildman–Crippen MR) is 90.1 cm³/mol. The molecule has 1 aromatic rings. The van der Waals surface area contributed by atoms with Crippen molar-refractivity contribution in [1.29, 1.82) is 0 Å². The molecule has 1 unspecified atom stereocenters. The van der Waals surface area contributed by atoms with E-state index < -0.39 is 6.10 Å². The maximum atomic E-state index is 12.3. The minimum Gasteiger partial charge on any atom is -0.387 e. The zero-order valence-corrected chi connectivity index (χ0v) is 13.9. The molecule has 0 bridgehead atoms. The second-order valence-electron chi connectivity index (χ2n) is 6.75. The molecule has 1 aliphatic carbocycles. The summed E-state index contributed by atoms with van der Waals surface area (Å²) in [4.78, 5) is 18.7. The van der Waals surface area contributed by atoms with Crippen LogP contribution in [0.1, 0.15) is 24.5 Å². The maximum Gasteiger partial charge on any atom is 0.236 e. The zero-order valence-electron chi connectivity index (χ0n) is 13.9. The molecule has 1 N–H and O–H groups in total. The molecule has 1 saturated heterocycles. The van der Waals surface area contributed by atoms with Crippen LogP contribution in [0, 0.1) is 0 Å². The summed E-state index contributed by atoms with van der Waals surface area (Å²) >= 11 is 0. The topological polar surface area (TPSA) is 47.0 Å². The third kappa shape index (κ3) is 4.53. The van der Waals surface area contributed by atoms with Gasteiger partial charge >= 0.3 is 0 Å². The van der Waals surface area contributed by atoms with Crippen molar-refractivity contribution in [3.63, 3.8) is 0 Å². The fraction of sp³-hybridized carbons (Fsp3) is 0.611. The SMILES string of the molecule is CN(CC(=O)N1CCN(CC(O)c2ccccc2)CC1)C1CC1. The van der Waals surface area contributed by atoms with Crippen LogP contribution in [0.3, 0.4) is 0 Å². The van der Waals surface area contributed by atoms with Crippen molar-refractivity contribution in [2.75, 3.05) is 46.3 Å². The van der Waals surface area contributed by atoms with Crippen LogP contribution in [0.2, 0.25) is 0 Å². The smallest absolute Gasteiger partial charge is 0.236 e. The van der Waals surface area contributed by atoms with E-state index in [0.29, 0.717) is 19.1 Å². The summed E-state index contributed by atoms with van der Waals surface area (Å²) in [5, 5.41) is 10.3. The van der Waals surface area contributed by atoms with E-state index in [-0.39, 0.29) is 5.91 Å². The second-order valence-corrected chi connectivity index (χ2v) is 6.75. The molecule has 1 atom stereocenters. The van der Waals surface area contributed by atoms with Crippen LogP contribution in [0.5, 0.6) is 0 Å². The number of likely N-dealkylation sites (N-methyl/N-ethyl adjacent to an activating group) is 1. The van der Waals surface area contributed by atoms with E-state index in [1.54, 1.807) is 0 Å². The number of rotatable bonds is 6. The van der Waals surface area contributed by atoms with Crippen LogP contribution >= 0.6 is 0 Å². The van der Waals surface area contributed by atoms with E-state index in [4.69, 9.17) is 0 Å². The number of nitrogens with zero attached hydrogens (tertiary/aromatic N) is 3. The number of amides is 1. The van der Waals surface area contributed by atoms with Gasteiger partial charge in [0.1, 0.15) is 0 Å². The Morgan fingerprint density at radius 1 is 1.22 bits per heavy atom. The molecule has 1 aromatic carbocycles. The van der Waals surface area contributed by atoms with Crippen molar-refractivity contribution in [3.8, 4) is 0 Å². The molecule has 5 nitrogen and oxygen atoms in total. The van der Waals surface area contributed by atoms with Crippen LogP contribution in [0.15, 0.2) is 30.3 Å². The molecular weight excluding hydrogens is 290 g/mol. The van der Waals surface area contributed by atoms with Gasteiger partial charge in [0.2, 0.25) is 5.91 Å². The summed E-state index contributed by atoms with van der Waals surface area (Å²) in [6, 6.07) is 10.4. The molecular formula is C18H27N3O2. The van der Waals surface area contributed by atoms with Crippen LogP contribution in [0.4, 0.5) is 0 Å². The molecule has 1 heterocycles. The summed E-state index contributed by atoms with van der Waals surface area (Å²) in [7, 11) is 2.04. The summed E-state index contributed by atoms with van der Waals surface area (Å²) in [5.41, 5.74) is 0.956. The highest BCUT2D eigenvalue weighted by Crippen LogP contribution is 2.25. The Bertz CT molecular complexity index is 510. The fourth-order valence-electron chi connectivity index (χ4n) is 3.16. The van der Waals surface area contributed by atoms with Gasteiger partial charge in [-0.3, -0.25) is 14.6 Å². The Balaban J connectivity index is 1.42. The monoisotopic (exact) mass is 317 g/mol. The Labute approximate surface area is 138 Å². The van der Waals surface area contributed by atoms with Crippen LogP contribution in [0.25, 0.3) is 0 Å². The first kappa shape index (κ1) is 16.4. The number of carbonyl (C=O) groups excluding carboxylic acids is 1. The predicted octanol–water partition coefficient (Wildman–Crippen LogP) is 0.958. The lowest BCUT2D eigenvalue weighted by Crippen LogP contribution is -2.51. The molecule has 23 heavy (non-hydrogen) atoms. The number of hydrogen-bond donors (Lipinski definition) is 1. The van der Waals surface area contributed by atoms with E-state index in [1.807, 2.05) is 42.3 Å². The molecule has 2 aliphatic rings. The first-order valence-electron chi connectivity index (χ1n) is 8.57. The molecule has 0 radical (unpaired) electrons. The number of piperazine rings is 1. The van der Waals surface area contributed by atoms with Crippen molar-refractivity contribution in [2.45, 2.75) is 25.0 Å². The van der Waals surface area contributed by atoms with Gasteiger partial charge in [0, 0.05) is 38.8 Å². The number of hydrogen-bond acceptors (Lipinski definition) is 4. The summed E-state index contributed by atoms with van der Waals surface area (Å²) in [5.74, 6) is 0.239. The highest BCUT2D eigenvalue weighted by Gasteiger charge is 2.29. The Morgan fingerprint density at radius 2 is 1.87 bits per heavy atom. The molecule has 3 rings (SSSR count). The highest BCUT2D eigenvalue weighted by atomic mass is 16.3. The fourth-order valence-corrected chi connectivity index (χ4v) is 3.16. The van der Waals surface area contributed by atoms with E-state index in [9.17, 15) is 9.90 Å². The molecule has 0 aromatic heterocycles. The lowest BCUT2D eigenvalue weighted by molar-refractivity contribution is -0.134. The lowest BCUT2D eigenvalue weighted by Gasteiger charge is -2.36. The van der Waals surface area contributed by atoms with Gasteiger partial charge in [-0.25, -0.2) is 0 Å². The molecule has 1 aliphatic heterocycles. The van der Waals surface area contributed by atoms with Crippen molar-refractivity contribution in [2.24, 2.45) is 0 Å². The molecule has 5 heteroatoms. The normalized spacial score (nSPS) is 20.7. The first-order chi connectivity index (χ1) is 11.1. The quantitative estimate of drug-likeness (QED) is 0.849. The van der Waals surface area contributed by atoms with Crippen molar-refractivity contribution >= 4 is 5.91 Å². The molecule has 126 valence electrons. The largest absolute Gasteiger partial charge is 0.387 e. The van der Waals surface area contributed by atoms with Gasteiger partial charge < -0.3 is 10.0 Å². The summed E-state index contributed by atoms with van der Waals surface area (Å²) in [6.07, 6.45) is 2.00. The van der Waals surface area contributed by atoms with E-state index >= 15 is 0 Å². The van der Waals surface area contributed by atoms with Crippen molar-refractivity contribution in [3.05, 3.63) is 35.9 Å². The van der Waals surface area contributed by atoms with Crippen molar-refractivity contribution < 1.29 is 9.90 Å². The first-order valence-corrected chi connectivity index (χ1v) is 8.57. The number of β-amino-alcohol motifs (C(OH)–C–C–N with tert-alkyl or cyclic N) is 1. The number of aliphatic hydroxyl groups is 1. The van der Waals surface area contributed by atoms with Crippen LogP contribution in [-0.2, 0) is 4.79 Å². The van der Waals surface area contributed by atoms with Gasteiger partial charge in [-0.05, 0) is 25.5 Å². The Morgan fingerprint density at radius 3 is 2.48 bits per heavy atom.